The van der Waals surface area contributed by atoms with Crippen LogP contribution in [0.15, 0.2) is 96.7 Å². The summed E-state index contributed by atoms with van der Waals surface area (Å²) in [6.45, 7) is 8.61. The number of allylic oxidation sites excluding steroid dienone is 1. The summed E-state index contributed by atoms with van der Waals surface area (Å²) in [5.74, 6) is -0.101. The van der Waals surface area contributed by atoms with Crippen LogP contribution in [0.1, 0.15) is 61.7 Å². The molecule has 0 spiro atoms. The van der Waals surface area contributed by atoms with Gasteiger partial charge in [0.2, 0.25) is 17.7 Å². The first-order valence-electron chi connectivity index (χ1n) is 16.7. The highest BCUT2D eigenvalue weighted by Gasteiger charge is 2.35. The van der Waals surface area contributed by atoms with Crippen molar-refractivity contribution in [3.8, 4) is 5.69 Å². The first-order valence-corrected chi connectivity index (χ1v) is 16.7. The normalized spacial score (nSPS) is 16.6. The van der Waals surface area contributed by atoms with Crippen LogP contribution in [0.3, 0.4) is 0 Å². The van der Waals surface area contributed by atoms with Crippen LogP contribution in [-0.2, 0) is 27.0 Å². The zero-order chi connectivity index (χ0) is 36.5. The molecule has 3 amide bonds. The Morgan fingerprint density at radius 1 is 1.04 bits per heavy atom. The van der Waals surface area contributed by atoms with Crippen molar-refractivity contribution in [3.05, 3.63) is 125 Å². The molecule has 3 N–H and O–H groups in total. The molecule has 6 rings (SSSR count). The number of primary amides is 1. The van der Waals surface area contributed by atoms with Crippen molar-refractivity contribution < 1.29 is 35.1 Å². The van der Waals surface area contributed by atoms with Crippen LogP contribution in [0.4, 0.5) is 19.0 Å². The summed E-state index contributed by atoms with van der Waals surface area (Å²) < 4.78 is 43.5. The molecule has 1 fully saturated rings. The molecule has 0 unspecified atom stereocenters. The number of rotatable bonds is 9. The van der Waals surface area contributed by atoms with E-state index >= 15 is 0 Å². The molecule has 10 nitrogen and oxygen atoms in total. The van der Waals surface area contributed by atoms with Crippen molar-refractivity contribution >= 4 is 23.5 Å². The number of hydrogen-bond acceptors (Lipinski definition) is 6. The number of nitrogens with zero attached hydrogens (tertiary/aromatic N) is 4. The average molecular weight is 707 g/mol. The third-order valence-electron chi connectivity index (χ3n) is 8.82. The molecule has 0 aliphatic carbocycles. The van der Waals surface area contributed by atoms with Gasteiger partial charge in [-0.25, -0.2) is 4.68 Å². The van der Waals surface area contributed by atoms with Gasteiger partial charge in [0.25, 0.3) is 0 Å². The summed E-state index contributed by atoms with van der Waals surface area (Å²) in [5, 5.41) is 7.77. The summed E-state index contributed by atoms with van der Waals surface area (Å²) in [6, 6.07) is 22.1. The number of ether oxygens (including phenoxy) is 1. The molecule has 51 heavy (non-hydrogen) atoms. The molecular weight excluding hydrogens is 661 g/mol. The maximum absolute atomic E-state index is 13.2. The van der Waals surface area contributed by atoms with E-state index in [1.165, 1.54) is 6.07 Å². The zero-order valence-electron chi connectivity index (χ0n) is 28.5. The number of amides is 3. The van der Waals surface area contributed by atoms with E-state index in [-0.39, 0.29) is 26.1 Å². The molecule has 1 saturated heterocycles. The van der Waals surface area contributed by atoms with Crippen LogP contribution in [-0.4, -0.2) is 71.8 Å². The number of benzene rings is 3. The Morgan fingerprint density at radius 2 is 1.76 bits per heavy atom. The van der Waals surface area contributed by atoms with Gasteiger partial charge in [0.15, 0.2) is 0 Å². The predicted molar refractivity (Wildman–Crippen MR) is 192 cm³/mol. The second-order valence-corrected chi connectivity index (χ2v) is 12.1. The Hall–Kier alpha value is -5.27. The van der Waals surface area contributed by atoms with Crippen molar-refractivity contribution in [1.29, 1.82) is 0 Å². The molecule has 272 valence electrons. The molecule has 1 atom stereocenters. The molecule has 0 radical (unpaired) electrons. The lowest BCUT2D eigenvalue weighted by atomic mass is 9.86. The van der Waals surface area contributed by atoms with Crippen LogP contribution >= 0.6 is 0 Å². The van der Waals surface area contributed by atoms with Crippen LogP contribution in [0.5, 0.6) is 0 Å². The van der Waals surface area contributed by atoms with E-state index < -0.39 is 17.6 Å². The maximum atomic E-state index is 13.2. The van der Waals surface area contributed by atoms with Crippen molar-refractivity contribution in [2.75, 3.05) is 44.3 Å². The summed E-state index contributed by atoms with van der Waals surface area (Å²) >= 11 is 0. The number of carbonyl (C=O) groups is 3. The number of alkyl halides is 3. The molecule has 3 heterocycles. The fourth-order valence-corrected chi connectivity index (χ4v) is 6.12. The molecule has 4 aromatic rings. The van der Waals surface area contributed by atoms with Crippen LogP contribution in [0.25, 0.3) is 5.69 Å². The standard InChI is InChI=1S/C30H35N5O3.C8H6F3NO.2H2/c1-3-23(21-33-13-15-38-16-14-33)29(37)31-19-22-9-8-10-24(17-22)26-18-28(36)34(4-2)30-27(26)20-32-35(30)25-11-6-5-7-12-25;9-8(10,11)6-3-1-2-5(4-6)7(12)13;;/h3,5-12,17,20,26H,4,13-16,18-19,21H2,1-2H3,(H,31,37);1-4H,(H2,12,13);2*1H/b23-3+;;;/t26-;;;/m0.../s1. The van der Waals surface area contributed by atoms with E-state index in [1.54, 1.807) is 0 Å². The number of anilines is 1. The van der Waals surface area contributed by atoms with Gasteiger partial charge >= 0.3 is 6.18 Å². The average Bonchev–Trinajstić information content (AvgIpc) is 3.58. The van der Waals surface area contributed by atoms with E-state index in [2.05, 4.69) is 27.4 Å². The number of nitrogens with one attached hydrogen (secondary N) is 1. The van der Waals surface area contributed by atoms with Crippen molar-refractivity contribution in [1.82, 2.24) is 20.0 Å². The van der Waals surface area contributed by atoms with Crippen LogP contribution in [0.2, 0.25) is 0 Å². The Kier molecular flexibility index (Phi) is 12.1. The van der Waals surface area contributed by atoms with Crippen molar-refractivity contribution in [2.24, 2.45) is 5.73 Å². The first-order chi connectivity index (χ1) is 24.5. The number of nitrogens with two attached hydrogens (primary N) is 1. The van der Waals surface area contributed by atoms with Crippen molar-refractivity contribution in [3.63, 3.8) is 0 Å². The van der Waals surface area contributed by atoms with E-state index in [1.807, 2.05) is 78.2 Å². The summed E-state index contributed by atoms with van der Waals surface area (Å²) in [5.41, 5.74) is 8.58. The molecule has 3 aromatic carbocycles. The largest absolute Gasteiger partial charge is 0.416 e. The van der Waals surface area contributed by atoms with Gasteiger partial charge in [0.05, 0.1) is 30.7 Å². The van der Waals surface area contributed by atoms with Crippen LogP contribution in [0, 0.1) is 0 Å². The molecule has 0 saturated carbocycles. The molecule has 0 bridgehead atoms. The molecule has 2 aliphatic heterocycles. The van der Waals surface area contributed by atoms with Gasteiger partial charge in [-0.05, 0) is 55.3 Å². The monoisotopic (exact) mass is 706 g/mol. The highest BCUT2D eigenvalue weighted by molar-refractivity contribution is 5.97. The lowest BCUT2D eigenvalue weighted by Crippen LogP contribution is -2.40. The molecule has 13 heteroatoms. The fourth-order valence-electron chi connectivity index (χ4n) is 6.12. The van der Waals surface area contributed by atoms with Crippen molar-refractivity contribution in [2.45, 2.75) is 38.9 Å². The minimum atomic E-state index is -4.44. The number of fused-ring (bicyclic) bond motifs is 1. The maximum Gasteiger partial charge on any atom is 0.416 e. The smallest absolute Gasteiger partial charge is 0.379 e. The number of para-hydroxylation sites is 1. The minimum absolute atomic E-state index is 0. The summed E-state index contributed by atoms with van der Waals surface area (Å²) in [6.07, 6.45) is -0.272. The van der Waals surface area contributed by atoms with Gasteiger partial charge < -0.3 is 15.8 Å². The van der Waals surface area contributed by atoms with Gasteiger partial charge in [0, 0.05) is 64.6 Å². The highest BCUT2D eigenvalue weighted by Crippen LogP contribution is 2.41. The van der Waals surface area contributed by atoms with Gasteiger partial charge in [-0.3, -0.25) is 24.2 Å². The highest BCUT2D eigenvalue weighted by atomic mass is 19.4. The van der Waals surface area contributed by atoms with E-state index in [4.69, 9.17) is 10.5 Å². The number of halogens is 3. The molecule has 2 aliphatic rings. The van der Waals surface area contributed by atoms with E-state index in [0.29, 0.717) is 39.3 Å². The predicted octanol–water partition coefficient (Wildman–Crippen LogP) is 5.95. The minimum Gasteiger partial charge on any atom is -0.379 e. The number of morpholine rings is 1. The first kappa shape index (κ1) is 37.0. The lowest BCUT2D eigenvalue weighted by Gasteiger charge is -2.32. The number of carbonyl (C=O) groups excluding carboxylic acids is 3. The second kappa shape index (κ2) is 16.6. The van der Waals surface area contributed by atoms with E-state index in [9.17, 15) is 27.6 Å². The van der Waals surface area contributed by atoms with Gasteiger partial charge in [-0.15, -0.1) is 0 Å². The van der Waals surface area contributed by atoms with Crippen LogP contribution < -0.4 is 16.0 Å². The number of aromatic nitrogens is 2. The van der Waals surface area contributed by atoms with Gasteiger partial charge in [0.1, 0.15) is 5.82 Å². The lowest BCUT2D eigenvalue weighted by molar-refractivity contribution is -0.137. The van der Waals surface area contributed by atoms with E-state index in [0.717, 1.165) is 65.1 Å². The second-order valence-electron chi connectivity index (χ2n) is 12.1. The Morgan fingerprint density at radius 3 is 2.43 bits per heavy atom. The summed E-state index contributed by atoms with van der Waals surface area (Å²) in [7, 11) is 0. The Labute approximate surface area is 297 Å². The topological polar surface area (TPSA) is 123 Å². The quantitative estimate of drug-likeness (QED) is 0.208. The molecule has 1 aromatic heterocycles. The zero-order valence-corrected chi connectivity index (χ0v) is 28.5. The Bertz CT molecular complexity index is 1880. The number of hydrogen-bond donors (Lipinski definition) is 2. The van der Waals surface area contributed by atoms with Gasteiger partial charge in [-0.1, -0.05) is 54.6 Å². The Balaban J connectivity index is 0.000000430. The third kappa shape index (κ3) is 9.10. The van der Waals surface area contributed by atoms with Gasteiger partial charge in [-0.2, -0.15) is 18.3 Å². The SMILES string of the molecule is C/C=C(\CN1CCOCC1)C(=O)NCc1cccc([C@@H]2CC(=O)N(CC)c3c2cnn3-c2ccccc2)c1.NC(=O)c1cccc(C(F)(F)F)c1.[HH].[HH]. The summed E-state index contributed by atoms with van der Waals surface area (Å²) in [4.78, 5) is 40.8. The fraction of sp³-hybridized carbons (Fsp3) is 0.316. The molecular formula is C38H45F3N6O4. The third-order valence-corrected chi connectivity index (χ3v) is 8.82.